The van der Waals surface area contributed by atoms with Gasteiger partial charge in [-0.3, -0.25) is 9.69 Å². The van der Waals surface area contributed by atoms with Crippen molar-refractivity contribution in [3.05, 3.63) is 108 Å². The van der Waals surface area contributed by atoms with Crippen molar-refractivity contribution in [1.82, 2.24) is 4.90 Å². The molecule has 2 N–H and O–H groups in total. The lowest BCUT2D eigenvalue weighted by Crippen LogP contribution is -2.49. The third kappa shape index (κ3) is 3.34. The van der Waals surface area contributed by atoms with Crippen molar-refractivity contribution in [3.8, 4) is 0 Å². The van der Waals surface area contributed by atoms with Gasteiger partial charge in [0.05, 0.1) is 0 Å². The largest absolute Gasteiger partial charge is 0.369 e. The zero-order valence-electron chi connectivity index (χ0n) is 16.0. The summed E-state index contributed by atoms with van der Waals surface area (Å²) in [5.74, 6) is -0.130. The van der Waals surface area contributed by atoms with Gasteiger partial charge in [0.2, 0.25) is 5.91 Å². The first-order valence-corrected chi connectivity index (χ1v) is 9.88. The summed E-state index contributed by atoms with van der Waals surface area (Å²) >= 11 is 0. The molecule has 0 saturated carbocycles. The molecule has 0 radical (unpaired) electrons. The predicted octanol–water partition coefficient (Wildman–Crippen LogP) is 3.98. The van der Waals surface area contributed by atoms with Crippen LogP contribution in [0.15, 0.2) is 91.0 Å². The van der Waals surface area contributed by atoms with Gasteiger partial charge >= 0.3 is 0 Å². The fraction of sp³-hybridized carbons (Fsp3) is 0.240. The van der Waals surface area contributed by atoms with Crippen LogP contribution in [0.1, 0.15) is 23.1 Å². The minimum atomic E-state index is -0.812. The Morgan fingerprint density at radius 1 is 0.857 bits per heavy atom. The summed E-state index contributed by atoms with van der Waals surface area (Å²) in [6.45, 7) is 2.71. The number of primary amides is 1. The zero-order chi connectivity index (χ0) is 19.4. The van der Waals surface area contributed by atoms with E-state index in [0.717, 1.165) is 37.2 Å². The Morgan fingerprint density at radius 2 is 1.36 bits per heavy atom. The number of amides is 1. The van der Waals surface area contributed by atoms with E-state index in [9.17, 15) is 4.79 Å². The molecule has 0 bridgehead atoms. The van der Waals surface area contributed by atoms with E-state index in [1.807, 2.05) is 66.7 Å². The van der Waals surface area contributed by atoms with Crippen LogP contribution in [0.3, 0.4) is 0 Å². The molecule has 0 spiro atoms. The van der Waals surface area contributed by atoms with Gasteiger partial charge < -0.3 is 5.73 Å². The summed E-state index contributed by atoms with van der Waals surface area (Å²) in [6, 6.07) is 30.6. The van der Waals surface area contributed by atoms with Gasteiger partial charge in [0.15, 0.2) is 0 Å². The molecular formula is C25H26N2O. The van der Waals surface area contributed by atoms with E-state index < -0.39 is 5.41 Å². The van der Waals surface area contributed by atoms with Crippen LogP contribution in [0, 0.1) is 5.92 Å². The number of hydrogen-bond donors (Lipinski definition) is 1. The van der Waals surface area contributed by atoms with Crippen LogP contribution in [0.4, 0.5) is 0 Å². The molecule has 1 heterocycles. The number of carbonyl (C=O) groups is 1. The van der Waals surface area contributed by atoms with E-state index in [1.165, 1.54) is 5.56 Å². The Bertz CT molecular complexity index is 870. The van der Waals surface area contributed by atoms with E-state index in [0.29, 0.717) is 0 Å². The molecule has 3 nitrogen and oxygen atoms in total. The van der Waals surface area contributed by atoms with Gasteiger partial charge in [-0.05, 0) is 35.6 Å². The van der Waals surface area contributed by atoms with Crippen molar-refractivity contribution < 1.29 is 4.79 Å². The van der Waals surface area contributed by atoms with Crippen molar-refractivity contribution in [2.45, 2.75) is 18.4 Å². The van der Waals surface area contributed by atoms with Crippen molar-refractivity contribution in [2.75, 3.05) is 13.1 Å². The lowest BCUT2D eigenvalue weighted by atomic mass is 9.64. The Kier molecular flexibility index (Phi) is 5.27. The number of rotatable bonds is 6. The molecule has 28 heavy (non-hydrogen) atoms. The highest BCUT2D eigenvalue weighted by Gasteiger charge is 2.49. The van der Waals surface area contributed by atoms with E-state index >= 15 is 0 Å². The highest BCUT2D eigenvalue weighted by atomic mass is 16.1. The number of carbonyl (C=O) groups excluding carboxylic acids is 1. The first-order valence-electron chi connectivity index (χ1n) is 9.88. The highest BCUT2D eigenvalue weighted by molar-refractivity contribution is 5.91. The second kappa shape index (κ2) is 7.99. The summed E-state index contributed by atoms with van der Waals surface area (Å²) < 4.78 is 0. The topological polar surface area (TPSA) is 46.3 Å². The molecular weight excluding hydrogens is 344 g/mol. The van der Waals surface area contributed by atoms with Gasteiger partial charge in [-0.2, -0.15) is 0 Å². The molecule has 3 aromatic carbocycles. The molecule has 1 atom stereocenters. The minimum absolute atomic E-state index is 0.138. The molecule has 142 valence electrons. The fourth-order valence-corrected chi connectivity index (χ4v) is 4.70. The van der Waals surface area contributed by atoms with Crippen molar-refractivity contribution in [3.63, 3.8) is 0 Å². The van der Waals surface area contributed by atoms with Crippen LogP contribution in [-0.2, 0) is 16.8 Å². The third-order valence-corrected chi connectivity index (χ3v) is 5.98. The first-order chi connectivity index (χ1) is 13.7. The number of hydrogen-bond acceptors (Lipinski definition) is 2. The highest BCUT2D eigenvalue weighted by Crippen LogP contribution is 2.43. The van der Waals surface area contributed by atoms with Crippen LogP contribution >= 0.6 is 0 Å². The maximum absolute atomic E-state index is 13.1. The average molecular weight is 370 g/mol. The Labute approximate surface area is 166 Å². The van der Waals surface area contributed by atoms with Crippen LogP contribution in [0.2, 0.25) is 0 Å². The summed E-state index contributed by atoms with van der Waals surface area (Å²) in [5.41, 5.74) is 8.62. The maximum Gasteiger partial charge on any atom is 0.232 e. The molecule has 0 aromatic heterocycles. The second-order valence-electron chi connectivity index (χ2n) is 7.61. The van der Waals surface area contributed by atoms with Gasteiger partial charge in [-0.1, -0.05) is 91.0 Å². The van der Waals surface area contributed by atoms with Crippen LogP contribution < -0.4 is 5.73 Å². The monoisotopic (exact) mass is 370 g/mol. The van der Waals surface area contributed by atoms with Gasteiger partial charge in [-0.25, -0.2) is 0 Å². The maximum atomic E-state index is 13.1. The van der Waals surface area contributed by atoms with Gasteiger partial charge in [0.1, 0.15) is 5.41 Å². The summed E-state index contributed by atoms with van der Waals surface area (Å²) in [5, 5.41) is 0. The van der Waals surface area contributed by atoms with Crippen LogP contribution in [0.5, 0.6) is 0 Å². The number of nitrogens with two attached hydrogens (primary N) is 1. The average Bonchev–Trinajstić information content (AvgIpc) is 3.19. The van der Waals surface area contributed by atoms with Crippen LogP contribution in [-0.4, -0.2) is 23.9 Å². The van der Waals surface area contributed by atoms with Gasteiger partial charge in [0.25, 0.3) is 0 Å². The minimum Gasteiger partial charge on any atom is -0.369 e. The van der Waals surface area contributed by atoms with E-state index in [-0.39, 0.29) is 11.8 Å². The van der Waals surface area contributed by atoms with Gasteiger partial charge in [-0.15, -0.1) is 0 Å². The Hall–Kier alpha value is -2.91. The third-order valence-electron chi connectivity index (χ3n) is 5.98. The summed E-state index contributed by atoms with van der Waals surface area (Å²) in [6.07, 6.45) is 0.944. The fourth-order valence-electron chi connectivity index (χ4n) is 4.70. The standard InChI is InChI=1S/C25H26N2O/c26-24(28)25(21-12-6-2-7-13-21,22-14-8-3-9-15-22)23-16-17-27(19-23)18-20-10-4-1-5-11-20/h1-15,23H,16-19H2,(H2,26,28). The summed E-state index contributed by atoms with van der Waals surface area (Å²) in [4.78, 5) is 15.5. The van der Waals surface area contributed by atoms with E-state index in [1.54, 1.807) is 0 Å². The number of benzene rings is 3. The Balaban J connectivity index is 1.71. The normalized spacial score (nSPS) is 17.5. The molecule has 1 fully saturated rings. The SMILES string of the molecule is NC(=O)C(c1ccccc1)(c1ccccc1)C1CCN(Cc2ccccc2)C1. The molecule has 1 unspecified atom stereocenters. The van der Waals surface area contributed by atoms with Gasteiger partial charge in [0, 0.05) is 13.1 Å². The summed E-state index contributed by atoms with van der Waals surface area (Å²) in [7, 11) is 0. The zero-order valence-corrected chi connectivity index (χ0v) is 16.0. The molecule has 1 aliphatic heterocycles. The number of nitrogens with zero attached hydrogens (tertiary/aromatic N) is 1. The smallest absolute Gasteiger partial charge is 0.232 e. The molecule has 1 saturated heterocycles. The predicted molar refractivity (Wildman–Crippen MR) is 113 cm³/mol. The molecule has 3 heteroatoms. The lowest BCUT2D eigenvalue weighted by molar-refractivity contribution is -0.123. The quantitative estimate of drug-likeness (QED) is 0.713. The van der Waals surface area contributed by atoms with Crippen LogP contribution in [0.25, 0.3) is 0 Å². The molecule has 4 rings (SSSR count). The first kappa shape index (κ1) is 18.5. The molecule has 1 aliphatic rings. The van der Waals surface area contributed by atoms with Crippen molar-refractivity contribution in [1.29, 1.82) is 0 Å². The van der Waals surface area contributed by atoms with Crippen molar-refractivity contribution >= 4 is 5.91 Å². The Morgan fingerprint density at radius 3 is 1.86 bits per heavy atom. The lowest BCUT2D eigenvalue weighted by Gasteiger charge is -2.37. The molecule has 3 aromatic rings. The number of likely N-dealkylation sites (tertiary alicyclic amines) is 1. The molecule has 1 amide bonds. The molecule has 0 aliphatic carbocycles. The van der Waals surface area contributed by atoms with E-state index in [4.69, 9.17) is 5.73 Å². The van der Waals surface area contributed by atoms with E-state index in [2.05, 4.69) is 29.2 Å². The van der Waals surface area contributed by atoms with Crippen molar-refractivity contribution in [2.24, 2.45) is 11.7 Å². The second-order valence-corrected chi connectivity index (χ2v) is 7.61.